The van der Waals surface area contributed by atoms with Gasteiger partial charge in [-0.15, -0.1) is 0 Å². The van der Waals surface area contributed by atoms with Crippen molar-refractivity contribution in [2.24, 2.45) is 5.92 Å². The summed E-state index contributed by atoms with van der Waals surface area (Å²) >= 11 is 0. The van der Waals surface area contributed by atoms with Gasteiger partial charge in [0.05, 0.1) is 17.8 Å². The molecular formula is C29H35FN2O3. The molecule has 1 aliphatic carbocycles. The number of aromatic nitrogens is 2. The predicted molar refractivity (Wildman–Crippen MR) is 137 cm³/mol. The van der Waals surface area contributed by atoms with E-state index in [0.29, 0.717) is 30.1 Å². The highest BCUT2D eigenvalue weighted by Gasteiger charge is 2.26. The first kappa shape index (κ1) is 25.0. The van der Waals surface area contributed by atoms with E-state index in [1.165, 1.54) is 6.42 Å². The van der Waals surface area contributed by atoms with Gasteiger partial charge in [-0.3, -0.25) is 9.13 Å². The number of benzene rings is 2. The minimum absolute atomic E-state index is 0.0796. The van der Waals surface area contributed by atoms with Crippen LogP contribution < -0.4 is 5.69 Å². The topological polar surface area (TPSA) is 64.2 Å². The Morgan fingerprint density at radius 3 is 2.34 bits per heavy atom. The van der Waals surface area contributed by atoms with Gasteiger partial charge in [-0.2, -0.15) is 0 Å². The Labute approximate surface area is 206 Å². The van der Waals surface area contributed by atoms with Gasteiger partial charge in [0.15, 0.2) is 0 Å². The Morgan fingerprint density at radius 2 is 1.71 bits per heavy atom. The number of imidazole rings is 1. The van der Waals surface area contributed by atoms with Crippen molar-refractivity contribution in [2.45, 2.75) is 78.1 Å². The molecule has 0 unspecified atom stereocenters. The smallest absolute Gasteiger partial charge is 0.336 e. The zero-order valence-electron chi connectivity index (χ0n) is 20.7. The van der Waals surface area contributed by atoms with E-state index in [9.17, 15) is 19.1 Å². The fourth-order valence-corrected chi connectivity index (χ4v) is 5.27. The fourth-order valence-electron chi connectivity index (χ4n) is 5.27. The van der Waals surface area contributed by atoms with Crippen molar-refractivity contribution in [3.8, 4) is 11.1 Å². The lowest BCUT2D eigenvalue weighted by Crippen LogP contribution is -2.30. The van der Waals surface area contributed by atoms with Crippen molar-refractivity contribution in [3.05, 3.63) is 81.5 Å². The molecule has 6 heteroatoms. The third kappa shape index (κ3) is 5.42. The molecule has 0 bridgehead atoms. The van der Waals surface area contributed by atoms with Gasteiger partial charge in [-0.25, -0.2) is 14.0 Å². The number of hydrogen-bond acceptors (Lipinski definition) is 2. The van der Waals surface area contributed by atoms with E-state index in [-0.39, 0.29) is 17.3 Å². The fraction of sp³-hybridized carbons (Fsp3) is 0.448. The van der Waals surface area contributed by atoms with Crippen LogP contribution in [0.3, 0.4) is 0 Å². The lowest BCUT2D eigenvalue weighted by molar-refractivity contribution is 0.0697. The first-order chi connectivity index (χ1) is 16.9. The van der Waals surface area contributed by atoms with E-state index >= 15 is 0 Å². The summed E-state index contributed by atoms with van der Waals surface area (Å²) in [5.41, 5.74) is 3.91. The van der Waals surface area contributed by atoms with Gasteiger partial charge in [-0.05, 0) is 54.4 Å². The van der Waals surface area contributed by atoms with Gasteiger partial charge in [0.1, 0.15) is 6.67 Å². The van der Waals surface area contributed by atoms with Crippen LogP contribution >= 0.6 is 0 Å². The zero-order valence-corrected chi connectivity index (χ0v) is 20.7. The van der Waals surface area contributed by atoms with E-state index in [0.717, 1.165) is 48.9 Å². The molecule has 1 aromatic heterocycles. The van der Waals surface area contributed by atoms with Crippen LogP contribution in [0.1, 0.15) is 85.7 Å². The van der Waals surface area contributed by atoms with Gasteiger partial charge in [0.2, 0.25) is 0 Å². The van der Waals surface area contributed by atoms with Gasteiger partial charge in [0, 0.05) is 11.7 Å². The number of carboxylic acid groups (broad SMARTS) is 1. The first-order valence-electron chi connectivity index (χ1n) is 12.7. The third-order valence-corrected chi connectivity index (χ3v) is 7.17. The second-order valence-corrected chi connectivity index (χ2v) is 10.0. The van der Waals surface area contributed by atoms with Gasteiger partial charge < -0.3 is 5.11 Å². The van der Waals surface area contributed by atoms with E-state index in [1.54, 1.807) is 27.3 Å². The van der Waals surface area contributed by atoms with Crippen LogP contribution in [0.15, 0.2) is 53.3 Å². The first-order valence-corrected chi connectivity index (χ1v) is 12.7. The molecular weight excluding hydrogens is 443 g/mol. The molecule has 1 heterocycles. The number of halogens is 1. The van der Waals surface area contributed by atoms with Crippen LogP contribution in [-0.4, -0.2) is 20.2 Å². The SMILES string of the molecule is CC(C)CCc1c(CF)n(C2CCCCC2)c(=O)n1Cc1ccc(-c2ccccc2C(=O)O)cc1. The van der Waals surface area contributed by atoms with Crippen molar-refractivity contribution in [1.29, 1.82) is 0 Å². The van der Waals surface area contributed by atoms with Crippen LogP contribution in [0.5, 0.6) is 0 Å². The highest BCUT2D eigenvalue weighted by Crippen LogP contribution is 2.30. The number of hydrogen-bond donors (Lipinski definition) is 1. The van der Waals surface area contributed by atoms with Crippen molar-refractivity contribution >= 4 is 5.97 Å². The van der Waals surface area contributed by atoms with Crippen LogP contribution in [-0.2, 0) is 19.6 Å². The Bertz CT molecular complexity index is 1220. The highest BCUT2D eigenvalue weighted by atomic mass is 19.1. The Kier molecular flexibility index (Phi) is 7.89. The molecule has 35 heavy (non-hydrogen) atoms. The second-order valence-electron chi connectivity index (χ2n) is 10.0. The maximum Gasteiger partial charge on any atom is 0.336 e. The zero-order chi connectivity index (χ0) is 24.9. The number of alkyl halides is 1. The molecule has 1 aliphatic rings. The standard InChI is InChI=1S/C29H35FN2O3/c1-20(2)12-17-26-27(18-30)32(23-8-4-3-5-9-23)29(35)31(26)19-21-13-15-22(16-14-21)24-10-6-7-11-25(24)28(33)34/h6-7,10-11,13-16,20,23H,3-5,8-9,12,17-19H2,1-2H3,(H,33,34). The number of aromatic carboxylic acids is 1. The van der Waals surface area contributed by atoms with Gasteiger partial charge in [0.25, 0.3) is 0 Å². The molecule has 1 fully saturated rings. The molecule has 1 saturated carbocycles. The van der Waals surface area contributed by atoms with E-state index in [1.807, 2.05) is 30.3 Å². The van der Waals surface area contributed by atoms with E-state index in [4.69, 9.17) is 0 Å². The average Bonchev–Trinajstić information content (AvgIpc) is 3.14. The normalized spacial score (nSPS) is 14.5. The molecule has 0 radical (unpaired) electrons. The summed E-state index contributed by atoms with van der Waals surface area (Å²) in [5, 5.41) is 9.52. The van der Waals surface area contributed by atoms with Crippen molar-refractivity contribution in [1.82, 2.24) is 9.13 Å². The number of nitrogens with zero attached hydrogens (tertiary/aromatic N) is 2. The lowest BCUT2D eigenvalue weighted by Gasteiger charge is -2.23. The molecule has 0 amide bonds. The molecule has 0 atom stereocenters. The minimum atomic E-state index is -0.964. The van der Waals surface area contributed by atoms with Crippen molar-refractivity contribution < 1.29 is 14.3 Å². The molecule has 3 aromatic rings. The van der Waals surface area contributed by atoms with E-state index < -0.39 is 12.6 Å². The maximum absolute atomic E-state index is 14.4. The van der Waals surface area contributed by atoms with Gasteiger partial charge in [-0.1, -0.05) is 75.6 Å². The second kappa shape index (κ2) is 11.1. The van der Waals surface area contributed by atoms with Crippen LogP contribution in [0.4, 0.5) is 4.39 Å². The predicted octanol–water partition coefficient (Wildman–Crippen LogP) is 6.63. The Hall–Kier alpha value is -3.15. The number of rotatable bonds is 9. The summed E-state index contributed by atoms with van der Waals surface area (Å²) < 4.78 is 17.9. The van der Waals surface area contributed by atoms with Crippen LogP contribution in [0, 0.1) is 5.92 Å². The molecule has 1 N–H and O–H groups in total. The molecule has 0 saturated heterocycles. The molecule has 0 aliphatic heterocycles. The number of carboxylic acids is 1. The highest BCUT2D eigenvalue weighted by molar-refractivity contribution is 5.95. The summed E-state index contributed by atoms with van der Waals surface area (Å²) in [5.74, 6) is -0.508. The molecule has 4 rings (SSSR count). The van der Waals surface area contributed by atoms with Gasteiger partial charge >= 0.3 is 11.7 Å². The Balaban J connectivity index is 1.69. The minimum Gasteiger partial charge on any atom is -0.478 e. The summed E-state index contributed by atoms with van der Waals surface area (Å²) in [4.78, 5) is 25.2. The van der Waals surface area contributed by atoms with Crippen LogP contribution in [0.2, 0.25) is 0 Å². The van der Waals surface area contributed by atoms with E-state index in [2.05, 4.69) is 13.8 Å². The van der Waals surface area contributed by atoms with Crippen LogP contribution in [0.25, 0.3) is 11.1 Å². The maximum atomic E-state index is 14.4. The largest absolute Gasteiger partial charge is 0.478 e. The molecule has 5 nitrogen and oxygen atoms in total. The summed E-state index contributed by atoms with van der Waals surface area (Å²) in [6, 6.07) is 14.7. The average molecular weight is 479 g/mol. The molecule has 0 spiro atoms. The van der Waals surface area contributed by atoms with Crippen molar-refractivity contribution in [3.63, 3.8) is 0 Å². The lowest BCUT2D eigenvalue weighted by atomic mass is 9.95. The third-order valence-electron chi connectivity index (χ3n) is 7.17. The monoisotopic (exact) mass is 478 g/mol. The molecule has 186 valence electrons. The summed E-state index contributed by atoms with van der Waals surface area (Å²) in [7, 11) is 0. The molecule has 2 aromatic carbocycles. The number of carbonyl (C=O) groups is 1. The summed E-state index contributed by atoms with van der Waals surface area (Å²) in [6.45, 7) is 4.03. The Morgan fingerprint density at radius 1 is 1.03 bits per heavy atom. The van der Waals surface area contributed by atoms with Crippen molar-refractivity contribution in [2.75, 3.05) is 0 Å². The quantitative estimate of drug-likeness (QED) is 0.376. The summed E-state index contributed by atoms with van der Waals surface area (Å²) in [6.07, 6.45) is 6.76.